The third-order valence-electron chi connectivity index (χ3n) is 4.33. The van der Waals surface area contributed by atoms with Gasteiger partial charge in [0.1, 0.15) is 5.75 Å². The van der Waals surface area contributed by atoms with Crippen LogP contribution < -0.4 is 21.1 Å². The van der Waals surface area contributed by atoms with Gasteiger partial charge >= 0.3 is 0 Å². The molecule has 0 heterocycles. The Kier molecular flexibility index (Phi) is 6.42. The molecule has 2 unspecified atom stereocenters. The molecule has 0 aliphatic heterocycles. The molecular weight excluding hydrogens is 318 g/mol. The average Bonchev–Trinajstić information content (AvgIpc) is 3.37. The lowest BCUT2D eigenvalue weighted by Crippen LogP contribution is -2.52. The van der Waals surface area contributed by atoms with Crippen molar-refractivity contribution in [3.8, 4) is 5.75 Å². The van der Waals surface area contributed by atoms with E-state index in [0.717, 1.165) is 24.8 Å². The zero-order chi connectivity index (χ0) is 18.4. The number of hydrogen-bond acceptors (Lipinski definition) is 4. The Labute approximate surface area is 149 Å². The fourth-order valence-electron chi connectivity index (χ4n) is 2.58. The summed E-state index contributed by atoms with van der Waals surface area (Å²) in [6.07, 6.45) is 3.62. The molecule has 0 radical (unpaired) electrons. The average molecular weight is 347 g/mol. The third kappa shape index (κ3) is 6.05. The summed E-state index contributed by atoms with van der Waals surface area (Å²) in [5.41, 5.74) is 6.15. The molecule has 0 bridgehead atoms. The van der Waals surface area contributed by atoms with Crippen molar-refractivity contribution in [1.29, 1.82) is 0 Å². The number of ether oxygens (including phenoxy) is 1. The Hall–Kier alpha value is -2.08. The summed E-state index contributed by atoms with van der Waals surface area (Å²) in [6.45, 7) is 5.69. The minimum atomic E-state index is -0.860. The fraction of sp³-hybridized carbons (Fsp3) is 0.579. The summed E-state index contributed by atoms with van der Waals surface area (Å²) in [5.74, 6) is 0.382. The molecule has 0 aromatic heterocycles. The van der Waals surface area contributed by atoms with Crippen molar-refractivity contribution in [2.24, 2.45) is 5.73 Å². The largest absolute Gasteiger partial charge is 0.484 e. The van der Waals surface area contributed by atoms with Crippen LogP contribution in [-0.2, 0) is 9.59 Å². The van der Waals surface area contributed by atoms with Crippen LogP contribution in [-0.4, -0.2) is 30.0 Å². The molecule has 1 saturated carbocycles. The van der Waals surface area contributed by atoms with Crippen LogP contribution in [0, 0.1) is 0 Å². The minimum absolute atomic E-state index is 0.0185. The molecule has 4 N–H and O–H groups in total. The van der Waals surface area contributed by atoms with Crippen LogP contribution in [0.4, 0.5) is 0 Å². The number of carbonyl (C=O) groups excluding carboxylic acids is 2. The standard InChI is InChI=1S/C19H29N3O3/c1-4-11-19(3,20)18(24)21-13(2)14-5-9-16(10-6-14)25-12-17(23)22-15-7-8-15/h5-6,9-10,13,15H,4,7-8,11-12,20H2,1-3H3,(H,21,24)(H,22,23). The maximum atomic E-state index is 12.3. The normalized spacial score (nSPS) is 17.3. The number of rotatable bonds is 9. The molecular formula is C19H29N3O3. The topological polar surface area (TPSA) is 93.5 Å². The van der Waals surface area contributed by atoms with Gasteiger partial charge in [-0.1, -0.05) is 25.5 Å². The lowest BCUT2D eigenvalue weighted by molar-refractivity contribution is -0.126. The van der Waals surface area contributed by atoms with Gasteiger partial charge in [0.25, 0.3) is 5.91 Å². The van der Waals surface area contributed by atoms with E-state index in [1.807, 2.05) is 26.0 Å². The van der Waals surface area contributed by atoms with E-state index in [1.165, 1.54) is 0 Å². The molecule has 0 spiro atoms. The molecule has 138 valence electrons. The van der Waals surface area contributed by atoms with E-state index in [0.29, 0.717) is 18.2 Å². The highest BCUT2D eigenvalue weighted by Crippen LogP contribution is 2.20. The summed E-state index contributed by atoms with van der Waals surface area (Å²) in [7, 11) is 0. The highest BCUT2D eigenvalue weighted by Gasteiger charge is 2.28. The Morgan fingerprint density at radius 2 is 1.96 bits per heavy atom. The molecule has 1 aliphatic carbocycles. The van der Waals surface area contributed by atoms with Crippen LogP contribution in [0.3, 0.4) is 0 Å². The second kappa shape index (κ2) is 8.34. The molecule has 1 fully saturated rings. The first kappa shape index (κ1) is 19.2. The summed E-state index contributed by atoms with van der Waals surface area (Å²) >= 11 is 0. The van der Waals surface area contributed by atoms with Crippen molar-refractivity contribution >= 4 is 11.8 Å². The van der Waals surface area contributed by atoms with Crippen molar-refractivity contribution in [3.63, 3.8) is 0 Å². The van der Waals surface area contributed by atoms with E-state index in [2.05, 4.69) is 10.6 Å². The third-order valence-corrected chi connectivity index (χ3v) is 4.33. The van der Waals surface area contributed by atoms with Gasteiger partial charge in [-0.05, 0) is 50.8 Å². The smallest absolute Gasteiger partial charge is 0.258 e. The Bertz CT molecular complexity index is 594. The first-order valence-electron chi connectivity index (χ1n) is 8.94. The van der Waals surface area contributed by atoms with Gasteiger partial charge in [-0.15, -0.1) is 0 Å². The zero-order valence-electron chi connectivity index (χ0n) is 15.3. The lowest BCUT2D eigenvalue weighted by atomic mass is 9.95. The van der Waals surface area contributed by atoms with E-state index in [9.17, 15) is 9.59 Å². The van der Waals surface area contributed by atoms with Gasteiger partial charge in [0.15, 0.2) is 6.61 Å². The van der Waals surface area contributed by atoms with E-state index in [-0.39, 0.29) is 24.5 Å². The number of nitrogens with one attached hydrogen (secondary N) is 2. The predicted molar refractivity (Wildman–Crippen MR) is 97.2 cm³/mol. The van der Waals surface area contributed by atoms with Gasteiger partial charge in [-0.25, -0.2) is 0 Å². The Morgan fingerprint density at radius 3 is 2.52 bits per heavy atom. The highest BCUT2D eigenvalue weighted by atomic mass is 16.5. The van der Waals surface area contributed by atoms with Crippen molar-refractivity contribution < 1.29 is 14.3 Å². The monoisotopic (exact) mass is 347 g/mol. The van der Waals surface area contributed by atoms with E-state index in [1.54, 1.807) is 19.1 Å². The van der Waals surface area contributed by atoms with E-state index >= 15 is 0 Å². The molecule has 0 saturated heterocycles. The Morgan fingerprint density at radius 1 is 1.32 bits per heavy atom. The molecule has 1 aromatic rings. The zero-order valence-corrected chi connectivity index (χ0v) is 15.3. The number of nitrogens with two attached hydrogens (primary N) is 1. The first-order valence-corrected chi connectivity index (χ1v) is 8.94. The second-order valence-electron chi connectivity index (χ2n) is 7.06. The maximum Gasteiger partial charge on any atom is 0.258 e. The molecule has 25 heavy (non-hydrogen) atoms. The van der Waals surface area contributed by atoms with Gasteiger partial charge in [0.2, 0.25) is 5.91 Å². The summed E-state index contributed by atoms with van der Waals surface area (Å²) in [4.78, 5) is 23.9. The van der Waals surface area contributed by atoms with Crippen LogP contribution in [0.1, 0.15) is 58.1 Å². The van der Waals surface area contributed by atoms with Crippen LogP contribution >= 0.6 is 0 Å². The SMILES string of the molecule is CCCC(C)(N)C(=O)NC(C)c1ccc(OCC(=O)NC2CC2)cc1. The molecule has 2 atom stereocenters. The van der Waals surface area contributed by atoms with Crippen molar-refractivity contribution in [2.75, 3.05) is 6.61 Å². The minimum Gasteiger partial charge on any atom is -0.484 e. The van der Waals surface area contributed by atoms with Crippen molar-refractivity contribution in [2.45, 2.75) is 64.1 Å². The summed E-state index contributed by atoms with van der Waals surface area (Å²) in [5, 5.41) is 5.83. The fourth-order valence-corrected chi connectivity index (χ4v) is 2.58. The molecule has 1 aliphatic rings. The van der Waals surface area contributed by atoms with Gasteiger partial charge in [0.05, 0.1) is 11.6 Å². The van der Waals surface area contributed by atoms with Gasteiger partial charge in [-0.3, -0.25) is 9.59 Å². The predicted octanol–water partition coefficient (Wildman–Crippen LogP) is 2.04. The van der Waals surface area contributed by atoms with E-state index < -0.39 is 5.54 Å². The molecule has 2 rings (SSSR count). The van der Waals surface area contributed by atoms with Crippen LogP contribution in [0.25, 0.3) is 0 Å². The lowest BCUT2D eigenvalue weighted by Gasteiger charge is -2.25. The second-order valence-corrected chi connectivity index (χ2v) is 7.06. The van der Waals surface area contributed by atoms with Gasteiger partial charge in [-0.2, -0.15) is 0 Å². The van der Waals surface area contributed by atoms with Crippen LogP contribution in [0.15, 0.2) is 24.3 Å². The summed E-state index contributed by atoms with van der Waals surface area (Å²) in [6, 6.07) is 7.55. The quantitative estimate of drug-likeness (QED) is 0.637. The van der Waals surface area contributed by atoms with Gasteiger partial charge in [0, 0.05) is 6.04 Å². The summed E-state index contributed by atoms with van der Waals surface area (Å²) < 4.78 is 5.48. The number of hydrogen-bond donors (Lipinski definition) is 3. The highest BCUT2D eigenvalue weighted by molar-refractivity contribution is 5.85. The van der Waals surface area contributed by atoms with Crippen molar-refractivity contribution in [1.82, 2.24) is 10.6 Å². The maximum absolute atomic E-state index is 12.3. The van der Waals surface area contributed by atoms with Crippen LogP contribution in [0.5, 0.6) is 5.75 Å². The number of amides is 2. The molecule has 6 heteroatoms. The molecule has 1 aromatic carbocycles. The number of carbonyl (C=O) groups is 2. The molecule has 2 amide bonds. The first-order chi connectivity index (χ1) is 11.8. The van der Waals surface area contributed by atoms with Gasteiger partial charge < -0.3 is 21.1 Å². The van der Waals surface area contributed by atoms with Crippen molar-refractivity contribution in [3.05, 3.63) is 29.8 Å². The molecule has 6 nitrogen and oxygen atoms in total. The van der Waals surface area contributed by atoms with E-state index in [4.69, 9.17) is 10.5 Å². The van der Waals surface area contributed by atoms with Crippen LogP contribution in [0.2, 0.25) is 0 Å². The number of benzene rings is 1. The Balaban J connectivity index is 1.83.